The van der Waals surface area contributed by atoms with Crippen molar-refractivity contribution < 1.29 is 14.6 Å². The standard InChI is InChI=1S/C16H22O3/c1-4-6-7-8-12(3)14-11-13(9-10-15(14)17)16(18)19-5-2/h9-11,17H,3-8H2,1-2H3. The van der Waals surface area contributed by atoms with Crippen molar-refractivity contribution in [2.75, 3.05) is 6.61 Å². The molecule has 19 heavy (non-hydrogen) atoms. The van der Waals surface area contributed by atoms with Gasteiger partial charge in [0.2, 0.25) is 0 Å². The zero-order chi connectivity index (χ0) is 14.3. The third-order valence-corrected chi connectivity index (χ3v) is 2.97. The van der Waals surface area contributed by atoms with Gasteiger partial charge in [0.05, 0.1) is 12.2 Å². The van der Waals surface area contributed by atoms with Gasteiger partial charge in [-0.3, -0.25) is 0 Å². The SMILES string of the molecule is C=C(CCCCC)c1cc(C(=O)OCC)ccc1O. The first-order valence-corrected chi connectivity index (χ1v) is 6.78. The first kappa shape index (κ1) is 15.3. The average Bonchev–Trinajstić information content (AvgIpc) is 2.39. The summed E-state index contributed by atoms with van der Waals surface area (Å²) in [6.45, 7) is 8.24. The van der Waals surface area contributed by atoms with E-state index in [0.29, 0.717) is 17.7 Å². The highest BCUT2D eigenvalue weighted by atomic mass is 16.5. The van der Waals surface area contributed by atoms with E-state index in [1.54, 1.807) is 19.1 Å². The van der Waals surface area contributed by atoms with Gasteiger partial charge in [-0.1, -0.05) is 26.3 Å². The predicted octanol–water partition coefficient (Wildman–Crippen LogP) is 4.16. The molecule has 0 atom stereocenters. The molecule has 0 radical (unpaired) electrons. The Kier molecular flexibility index (Phi) is 6.13. The van der Waals surface area contributed by atoms with E-state index < -0.39 is 0 Å². The summed E-state index contributed by atoms with van der Waals surface area (Å²) in [6.07, 6.45) is 4.14. The van der Waals surface area contributed by atoms with Gasteiger partial charge < -0.3 is 9.84 Å². The minimum Gasteiger partial charge on any atom is -0.507 e. The number of phenols is 1. The molecule has 0 saturated heterocycles. The number of hydrogen-bond donors (Lipinski definition) is 1. The number of benzene rings is 1. The van der Waals surface area contributed by atoms with Crippen LogP contribution in [-0.2, 0) is 4.74 Å². The Morgan fingerprint density at radius 2 is 2.05 bits per heavy atom. The van der Waals surface area contributed by atoms with E-state index in [-0.39, 0.29) is 11.7 Å². The van der Waals surface area contributed by atoms with Crippen LogP contribution in [0.25, 0.3) is 5.57 Å². The lowest BCUT2D eigenvalue weighted by atomic mass is 9.98. The molecule has 0 aliphatic heterocycles. The minimum atomic E-state index is -0.370. The summed E-state index contributed by atoms with van der Waals surface area (Å²) >= 11 is 0. The molecule has 1 N–H and O–H groups in total. The maximum atomic E-state index is 11.7. The second-order valence-electron chi connectivity index (χ2n) is 4.51. The highest BCUT2D eigenvalue weighted by Crippen LogP contribution is 2.28. The van der Waals surface area contributed by atoms with Crippen LogP contribution in [0.1, 0.15) is 55.5 Å². The Balaban J connectivity index is 2.84. The molecule has 0 fully saturated rings. The van der Waals surface area contributed by atoms with E-state index in [4.69, 9.17) is 4.74 Å². The van der Waals surface area contributed by atoms with Crippen molar-refractivity contribution in [2.45, 2.75) is 39.5 Å². The Hall–Kier alpha value is -1.77. The summed E-state index contributed by atoms with van der Waals surface area (Å²) in [4.78, 5) is 11.7. The smallest absolute Gasteiger partial charge is 0.338 e. The number of phenolic OH excluding ortho intramolecular Hbond substituents is 1. The molecule has 104 valence electrons. The number of hydrogen-bond acceptors (Lipinski definition) is 3. The molecule has 0 saturated carbocycles. The summed E-state index contributed by atoms with van der Waals surface area (Å²) in [5, 5.41) is 9.86. The van der Waals surface area contributed by atoms with Gasteiger partial charge in [0, 0.05) is 5.56 Å². The van der Waals surface area contributed by atoms with Crippen LogP contribution in [-0.4, -0.2) is 17.7 Å². The van der Waals surface area contributed by atoms with Crippen LogP contribution in [0.4, 0.5) is 0 Å². The fourth-order valence-electron chi connectivity index (χ4n) is 1.88. The van der Waals surface area contributed by atoms with Crippen molar-refractivity contribution in [1.82, 2.24) is 0 Å². The lowest BCUT2D eigenvalue weighted by Crippen LogP contribution is -2.05. The fraction of sp³-hybridized carbons (Fsp3) is 0.438. The van der Waals surface area contributed by atoms with E-state index in [0.717, 1.165) is 31.3 Å². The molecule has 3 nitrogen and oxygen atoms in total. The number of aromatic hydroxyl groups is 1. The number of unbranched alkanes of at least 4 members (excludes halogenated alkanes) is 2. The molecule has 0 spiro atoms. The number of allylic oxidation sites excluding steroid dienone is 1. The van der Waals surface area contributed by atoms with Crippen LogP contribution in [0.5, 0.6) is 5.75 Å². The van der Waals surface area contributed by atoms with Crippen LogP contribution in [0.15, 0.2) is 24.8 Å². The van der Waals surface area contributed by atoms with Gasteiger partial charge in [0.1, 0.15) is 5.75 Å². The maximum Gasteiger partial charge on any atom is 0.338 e. The van der Waals surface area contributed by atoms with Crippen molar-refractivity contribution in [1.29, 1.82) is 0 Å². The predicted molar refractivity (Wildman–Crippen MR) is 77.2 cm³/mol. The average molecular weight is 262 g/mol. The zero-order valence-corrected chi connectivity index (χ0v) is 11.7. The van der Waals surface area contributed by atoms with E-state index >= 15 is 0 Å². The van der Waals surface area contributed by atoms with Crippen molar-refractivity contribution in [3.05, 3.63) is 35.9 Å². The minimum absolute atomic E-state index is 0.162. The Morgan fingerprint density at radius 1 is 1.32 bits per heavy atom. The first-order valence-electron chi connectivity index (χ1n) is 6.78. The zero-order valence-electron chi connectivity index (χ0n) is 11.7. The number of ether oxygens (including phenoxy) is 1. The molecule has 1 aromatic rings. The lowest BCUT2D eigenvalue weighted by molar-refractivity contribution is 0.0526. The van der Waals surface area contributed by atoms with Crippen LogP contribution < -0.4 is 0 Å². The molecule has 0 bridgehead atoms. The van der Waals surface area contributed by atoms with Crippen molar-refractivity contribution in [3.63, 3.8) is 0 Å². The van der Waals surface area contributed by atoms with Crippen LogP contribution in [0.2, 0.25) is 0 Å². The third-order valence-electron chi connectivity index (χ3n) is 2.97. The molecule has 0 aliphatic carbocycles. The second-order valence-corrected chi connectivity index (χ2v) is 4.51. The second kappa shape index (κ2) is 7.62. The maximum absolute atomic E-state index is 11.7. The fourth-order valence-corrected chi connectivity index (χ4v) is 1.88. The molecular formula is C16H22O3. The molecule has 1 rings (SSSR count). The van der Waals surface area contributed by atoms with Gasteiger partial charge in [0.15, 0.2) is 0 Å². The van der Waals surface area contributed by atoms with Crippen molar-refractivity contribution >= 4 is 11.5 Å². The number of rotatable bonds is 7. The molecule has 0 heterocycles. The molecule has 0 unspecified atom stereocenters. The van der Waals surface area contributed by atoms with E-state index in [1.807, 2.05) is 0 Å². The Labute approximate surface area is 114 Å². The monoisotopic (exact) mass is 262 g/mol. The van der Waals surface area contributed by atoms with Gasteiger partial charge >= 0.3 is 5.97 Å². The topological polar surface area (TPSA) is 46.5 Å². The molecule has 1 aromatic carbocycles. The van der Waals surface area contributed by atoms with Crippen molar-refractivity contribution in [2.24, 2.45) is 0 Å². The van der Waals surface area contributed by atoms with Crippen molar-refractivity contribution in [3.8, 4) is 5.75 Å². The highest BCUT2D eigenvalue weighted by Gasteiger charge is 2.11. The normalized spacial score (nSPS) is 10.2. The van der Waals surface area contributed by atoms with E-state index in [9.17, 15) is 9.90 Å². The van der Waals surface area contributed by atoms with Gasteiger partial charge in [-0.05, 0) is 43.5 Å². The van der Waals surface area contributed by atoms with Crippen LogP contribution in [0, 0.1) is 0 Å². The third kappa shape index (κ3) is 4.43. The van der Waals surface area contributed by atoms with Crippen LogP contribution in [0.3, 0.4) is 0 Å². The first-order chi connectivity index (χ1) is 9.10. The molecule has 3 heteroatoms. The molecule has 0 amide bonds. The Morgan fingerprint density at radius 3 is 2.68 bits per heavy atom. The summed E-state index contributed by atoms with van der Waals surface area (Å²) in [7, 11) is 0. The van der Waals surface area contributed by atoms with E-state index in [2.05, 4.69) is 13.5 Å². The number of esters is 1. The molecule has 0 aromatic heterocycles. The van der Waals surface area contributed by atoms with E-state index in [1.165, 1.54) is 6.07 Å². The molecular weight excluding hydrogens is 240 g/mol. The quantitative estimate of drug-likeness (QED) is 0.592. The highest BCUT2D eigenvalue weighted by molar-refractivity contribution is 5.91. The lowest BCUT2D eigenvalue weighted by Gasteiger charge is -2.10. The van der Waals surface area contributed by atoms with Gasteiger partial charge in [-0.25, -0.2) is 4.79 Å². The largest absolute Gasteiger partial charge is 0.507 e. The van der Waals surface area contributed by atoms with Gasteiger partial charge in [-0.15, -0.1) is 0 Å². The number of carbonyl (C=O) groups excluding carboxylic acids is 1. The summed E-state index contributed by atoms with van der Waals surface area (Å²) < 4.78 is 4.95. The van der Waals surface area contributed by atoms with Gasteiger partial charge in [0.25, 0.3) is 0 Å². The number of carbonyl (C=O) groups is 1. The summed E-state index contributed by atoms with van der Waals surface area (Å²) in [5.41, 5.74) is 1.95. The van der Waals surface area contributed by atoms with Crippen LogP contribution >= 0.6 is 0 Å². The molecule has 0 aliphatic rings. The summed E-state index contributed by atoms with van der Waals surface area (Å²) in [6, 6.07) is 4.74. The Bertz CT molecular complexity index is 449. The van der Waals surface area contributed by atoms with Gasteiger partial charge in [-0.2, -0.15) is 0 Å². The summed E-state index contributed by atoms with van der Waals surface area (Å²) in [5.74, 6) is -0.209.